The molecule has 2 aromatic carbocycles. The summed E-state index contributed by atoms with van der Waals surface area (Å²) >= 11 is 12.0. The Bertz CT molecular complexity index is 901. The molecule has 0 heterocycles. The Kier molecular flexibility index (Phi) is 5.98. The molecule has 0 fully saturated rings. The molecule has 0 bridgehead atoms. The monoisotopic (exact) mass is 400 g/mol. The summed E-state index contributed by atoms with van der Waals surface area (Å²) in [4.78, 5) is 12.5. The van der Waals surface area contributed by atoms with Crippen LogP contribution in [0, 0.1) is 6.92 Å². The Morgan fingerprint density at radius 3 is 2.40 bits per heavy atom. The standard InChI is InChI=1S/C17H18Cl2N2O3S/c1-11-7-8-15(10-16(11)19)21(25(3,23)24)12(2)17(22)20-14-6-4-5-13(18)9-14/h4-10,12H,1-3H3,(H,20,22)/t12-/m0/s1. The fourth-order valence-electron chi connectivity index (χ4n) is 2.34. The van der Waals surface area contributed by atoms with E-state index in [0.29, 0.717) is 21.4 Å². The molecule has 0 unspecified atom stereocenters. The van der Waals surface area contributed by atoms with Gasteiger partial charge in [0.2, 0.25) is 15.9 Å². The van der Waals surface area contributed by atoms with Crippen LogP contribution in [-0.2, 0) is 14.8 Å². The number of hydrogen-bond donors (Lipinski definition) is 1. The summed E-state index contributed by atoms with van der Waals surface area (Å²) < 4.78 is 25.6. The van der Waals surface area contributed by atoms with E-state index in [1.807, 2.05) is 6.92 Å². The van der Waals surface area contributed by atoms with E-state index >= 15 is 0 Å². The fraction of sp³-hybridized carbons (Fsp3) is 0.235. The van der Waals surface area contributed by atoms with E-state index in [0.717, 1.165) is 16.1 Å². The number of amides is 1. The van der Waals surface area contributed by atoms with E-state index < -0.39 is 22.0 Å². The van der Waals surface area contributed by atoms with Crippen molar-refractivity contribution in [2.24, 2.45) is 0 Å². The molecule has 2 rings (SSSR count). The molecule has 1 N–H and O–H groups in total. The zero-order chi connectivity index (χ0) is 18.8. The largest absolute Gasteiger partial charge is 0.324 e. The summed E-state index contributed by atoms with van der Waals surface area (Å²) in [6.07, 6.45) is 1.05. The lowest BCUT2D eigenvalue weighted by molar-refractivity contribution is -0.116. The van der Waals surface area contributed by atoms with Gasteiger partial charge in [-0.15, -0.1) is 0 Å². The highest BCUT2D eigenvalue weighted by molar-refractivity contribution is 7.92. The van der Waals surface area contributed by atoms with E-state index in [2.05, 4.69) is 5.32 Å². The molecule has 8 heteroatoms. The lowest BCUT2D eigenvalue weighted by Crippen LogP contribution is -2.45. The van der Waals surface area contributed by atoms with E-state index in [1.165, 1.54) is 13.0 Å². The maximum atomic E-state index is 12.5. The zero-order valence-electron chi connectivity index (χ0n) is 14.0. The molecule has 1 amide bonds. The van der Waals surface area contributed by atoms with Gasteiger partial charge in [-0.25, -0.2) is 8.42 Å². The van der Waals surface area contributed by atoms with Crippen LogP contribution in [0.15, 0.2) is 42.5 Å². The van der Waals surface area contributed by atoms with Gasteiger partial charge in [-0.3, -0.25) is 9.10 Å². The van der Waals surface area contributed by atoms with Crippen LogP contribution < -0.4 is 9.62 Å². The predicted octanol–water partition coefficient (Wildman–Crippen LogP) is 4.10. The zero-order valence-corrected chi connectivity index (χ0v) is 16.3. The lowest BCUT2D eigenvalue weighted by Gasteiger charge is -2.28. The Hall–Kier alpha value is -1.76. The van der Waals surface area contributed by atoms with Crippen molar-refractivity contribution in [3.8, 4) is 0 Å². The second kappa shape index (κ2) is 7.64. The summed E-state index contributed by atoms with van der Waals surface area (Å²) in [6, 6.07) is 10.5. The third-order valence-corrected chi connectivity index (χ3v) is 5.47. The molecule has 0 radical (unpaired) electrons. The van der Waals surface area contributed by atoms with Crippen molar-refractivity contribution >= 4 is 50.5 Å². The van der Waals surface area contributed by atoms with Crippen LogP contribution in [0.1, 0.15) is 12.5 Å². The van der Waals surface area contributed by atoms with Crippen molar-refractivity contribution in [3.05, 3.63) is 58.1 Å². The maximum Gasteiger partial charge on any atom is 0.247 e. The molecule has 0 aliphatic rings. The molecule has 0 aromatic heterocycles. The van der Waals surface area contributed by atoms with Crippen LogP contribution in [0.5, 0.6) is 0 Å². The van der Waals surface area contributed by atoms with Crippen molar-refractivity contribution in [1.82, 2.24) is 0 Å². The molecule has 2 aromatic rings. The molecular weight excluding hydrogens is 383 g/mol. The summed E-state index contributed by atoms with van der Waals surface area (Å²) in [5.74, 6) is -0.482. The van der Waals surface area contributed by atoms with E-state index in [4.69, 9.17) is 23.2 Å². The van der Waals surface area contributed by atoms with Crippen LogP contribution in [-0.4, -0.2) is 26.6 Å². The first-order chi connectivity index (χ1) is 11.6. The number of hydrogen-bond acceptors (Lipinski definition) is 3. The summed E-state index contributed by atoms with van der Waals surface area (Å²) in [7, 11) is -3.70. The Morgan fingerprint density at radius 1 is 1.16 bits per heavy atom. The summed E-state index contributed by atoms with van der Waals surface area (Å²) in [5.41, 5.74) is 1.63. The predicted molar refractivity (Wildman–Crippen MR) is 103 cm³/mol. The number of nitrogens with one attached hydrogen (secondary N) is 1. The minimum atomic E-state index is -3.70. The highest BCUT2D eigenvalue weighted by Crippen LogP contribution is 2.27. The molecule has 0 spiro atoms. The third kappa shape index (κ3) is 4.87. The van der Waals surface area contributed by atoms with Crippen LogP contribution >= 0.6 is 23.2 Å². The molecule has 134 valence electrons. The van der Waals surface area contributed by atoms with Gasteiger partial charge in [0.15, 0.2) is 0 Å². The first kappa shape index (κ1) is 19.6. The van der Waals surface area contributed by atoms with Gasteiger partial charge in [0.1, 0.15) is 6.04 Å². The van der Waals surface area contributed by atoms with Gasteiger partial charge >= 0.3 is 0 Å². The van der Waals surface area contributed by atoms with Crippen molar-refractivity contribution in [2.45, 2.75) is 19.9 Å². The number of benzene rings is 2. The Balaban J connectivity index is 2.34. The van der Waals surface area contributed by atoms with Gasteiger partial charge < -0.3 is 5.32 Å². The first-order valence-corrected chi connectivity index (χ1v) is 10.0. The average molecular weight is 401 g/mol. The molecule has 5 nitrogen and oxygen atoms in total. The lowest BCUT2D eigenvalue weighted by atomic mass is 10.2. The van der Waals surface area contributed by atoms with Crippen molar-refractivity contribution in [3.63, 3.8) is 0 Å². The van der Waals surface area contributed by atoms with Gasteiger partial charge in [0.25, 0.3) is 0 Å². The molecule has 0 aliphatic carbocycles. The van der Waals surface area contributed by atoms with E-state index in [9.17, 15) is 13.2 Å². The minimum absolute atomic E-state index is 0.326. The SMILES string of the molecule is Cc1ccc(N([C@@H](C)C(=O)Nc2cccc(Cl)c2)S(C)(=O)=O)cc1Cl. The summed E-state index contributed by atoms with van der Waals surface area (Å²) in [5, 5.41) is 3.56. The Labute approximate surface area is 157 Å². The van der Waals surface area contributed by atoms with Crippen molar-refractivity contribution in [1.29, 1.82) is 0 Å². The minimum Gasteiger partial charge on any atom is -0.324 e. The molecular formula is C17H18Cl2N2O3S. The number of sulfonamides is 1. The quantitative estimate of drug-likeness (QED) is 0.821. The maximum absolute atomic E-state index is 12.5. The summed E-state index contributed by atoms with van der Waals surface area (Å²) in [6.45, 7) is 3.32. The Morgan fingerprint density at radius 2 is 1.84 bits per heavy atom. The molecule has 1 atom stereocenters. The number of anilines is 2. The number of nitrogens with zero attached hydrogens (tertiary/aromatic N) is 1. The number of halogens is 2. The van der Waals surface area contributed by atoms with Gasteiger partial charge in [-0.2, -0.15) is 0 Å². The second-order valence-electron chi connectivity index (χ2n) is 5.67. The number of aryl methyl sites for hydroxylation is 1. The highest BCUT2D eigenvalue weighted by atomic mass is 35.5. The number of carbonyl (C=O) groups is 1. The first-order valence-electron chi connectivity index (χ1n) is 7.41. The third-order valence-electron chi connectivity index (χ3n) is 3.59. The van der Waals surface area contributed by atoms with E-state index in [1.54, 1.807) is 36.4 Å². The average Bonchev–Trinajstić information content (AvgIpc) is 2.49. The van der Waals surface area contributed by atoms with Crippen LogP contribution in [0.4, 0.5) is 11.4 Å². The van der Waals surface area contributed by atoms with Gasteiger partial charge in [0.05, 0.1) is 11.9 Å². The molecule has 0 saturated carbocycles. The molecule has 0 aliphatic heterocycles. The van der Waals surface area contributed by atoms with Gasteiger partial charge in [-0.1, -0.05) is 35.3 Å². The topological polar surface area (TPSA) is 66.5 Å². The smallest absolute Gasteiger partial charge is 0.247 e. The highest BCUT2D eigenvalue weighted by Gasteiger charge is 2.29. The van der Waals surface area contributed by atoms with Crippen LogP contribution in [0.2, 0.25) is 10.0 Å². The second-order valence-corrected chi connectivity index (χ2v) is 8.37. The van der Waals surface area contributed by atoms with Crippen molar-refractivity contribution in [2.75, 3.05) is 15.9 Å². The number of rotatable bonds is 5. The normalized spacial score (nSPS) is 12.5. The fourth-order valence-corrected chi connectivity index (χ4v) is 3.87. The molecule has 0 saturated heterocycles. The van der Waals surface area contributed by atoms with Crippen molar-refractivity contribution < 1.29 is 13.2 Å². The van der Waals surface area contributed by atoms with Gasteiger partial charge in [0, 0.05) is 15.7 Å². The van der Waals surface area contributed by atoms with Crippen LogP contribution in [0.3, 0.4) is 0 Å². The van der Waals surface area contributed by atoms with E-state index in [-0.39, 0.29) is 0 Å². The van der Waals surface area contributed by atoms with Gasteiger partial charge in [-0.05, 0) is 49.7 Å². The van der Waals surface area contributed by atoms with Crippen LogP contribution in [0.25, 0.3) is 0 Å². The number of carbonyl (C=O) groups excluding carboxylic acids is 1. The molecule has 25 heavy (non-hydrogen) atoms.